The first-order valence-electron chi connectivity index (χ1n) is 9.85. The third-order valence-corrected chi connectivity index (χ3v) is 3.17. The van der Waals surface area contributed by atoms with E-state index in [0.717, 1.165) is 0 Å². The molecule has 0 unspecified atom stereocenters. The molecule has 0 atom stereocenters. The summed E-state index contributed by atoms with van der Waals surface area (Å²) in [5.41, 5.74) is 0. The van der Waals surface area contributed by atoms with Gasteiger partial charge in [-0.3, -0.25) is 9.59 Å². The van der Waals surface area contributed by atoms with Gasteiger partial charge in [0.15, 0.2) is 0 Å². The summed E-state index contributed by atoms with van der Waals surface area (Å²) < 4.78 is 30.4. The number of carboxylic acid groups (broad SMARTS) is 2. The van der Waals surface area contributed by atoms with Crippen molar-refractivity contribution in [2.45, 2.75) is 0 Å². The smallest absolute Gasteiger partial charge is 0.329 e. The van der Waals surface area contributed by atoms with Crippen LogP contribution in [0.4, 0.5) is 0 Å². The number of rotatable bonds is 23. The van der Waals surface area contributed by atoms with E-state index in [1.165, 1.54) is 0 Å². The number of nitrogens with one attached hydrogen (secondary N) is 2. The fourth-order valence-corrected chi connectivity index (χ4v) is 1.85. The van der Waals surface area contributed by atoms with Gasteiger partial charge in [-0.05, 0) is 0 Å². The minimum atomic E-state index is -1.14. The van der Waals surface area contributed by atoms with Gasteiger partial charge in [0.25, 0.3) is 0 Å². The van der Waals surface area contributed by atoms with Gasteiger partial charge in [0.1, 0.15) is 26.4 Å². The second kappa shape index (κ2) is 21.9. The van der Waals surface area contributed by atoms with Crippen LogP contribution in [0.5, 0.6) is 0 Å². The van der Waals surface area contributed by atoms with Crippen LogP contribution in [0.2, 0.25) is 0 Å². The number of aliphatic carboxylic acids is 2. The van der Waals surface area contributed by atoms with Crippen molar-refractivity contribution in [3.8, 4) is 0 Å². The Balaban J connectivity index is 3.20. The van der Waals surface area contributed by atoms with Gasteiger partial charge >= 0.3 is 11.9 Å². The summed E-state index contributed by atoms with van der Waals surface area (Å²) in [6.45, 7) is 1.65. The summed E-state index contributed by atoms with van der Waals surface area (Å²) in [6.07, 6.45) is 0. The molecule has 0 spiro atoms. The summed E-state index contributed by atoms with van der Waals surface area (Å²) in [7, 11) is 0. The molecule has 0 rings (SSSR count). The maximum atomic E-state index is 11.3. The predicted octanol–water partition coefficient (Wildman–Crippen LogP) is -2.51. The Morgan fingerprint density at radius 3 is 1.09 bits per heavy atom. The highest BCUT2D eigenvalue weighted by Gasteiger charge is 2.04. The van der Waals surface area contributed by atoms with Crippen molar-refractivity contribution in [2.24, 2.45) is 0 Å². The standard InChI is InChI=1S/C18H32N2O12/c21-15(11-31-13-17(23)24)19-1-3-27-5-7-29-9-10-30-8-6-28-4-2-20-16(22)12-32-14-18(25)26/h1-14H2,(H,19,21)(H,20,22)(H,23,24)(H,25,26). The summed E-state index contributed by atoms with van der Waals surface area (Å²) in [5, 5.41) is 21.8. The average Bonchev–Trinajstić information content (AvgIpc) is 2.72. The van der Waals surface area contributed by atoms with Crippen molar-refractivity contribution < 1.29 is 57.8 Å². The minimum Gasteiger partial charge on any atom is -0.480 e. The second-order valence-electron chi connectivity index (χ2n) is 5.92. The molecule has 14 heteroatoms. The van der Waals surface area contributed by atoms with Crippen LogP contribution >= 0.6 is 0 Å². The number of hydrogen-bond acceptors (Lipinski definition) is 10. The highest BCUT2D eigenvalue weighted by Crippen LogP contribution is 1.83. The van der Waals surface area contributed by atoms with Crippen LogP contribution in [0, 0.1) is 0 Å². The van der Waals surface area contributed by atoms with Crippen molar-refractivity contribution in [3.05, 3.63) is 0 Å². The fraction of sp³-hybridized carbons (Fsp3) is 0.778. The summed E-state index contributed by atoms with van der Waals surface area (Å²) in [6, 6.07) is 0. The van der Waals surface area contributed by atoms with E-state index in [0.29, 0.717) is 39.6 Å². The van der Waals surface area contributed by atoms with Gasteiger partial charge in [-0.2, -0.15) is 0 Å². The molecule has 0 bridgehead atoms. The van der Waals surface area contributed by atoms with Gasteiger partial charge in [0, 0.05) is 13.1 Å². The summed E-state index contributed by atoms with van der Waals surface area (Å²) in [5.74, 6) is -3.11. The number of amides is 2. The maximum Gasteiger partial charge on any atom is 0.329 e. The van der Waals surface area contributed by atoms with E-state index in [1.807, 2.05) is 0 Å². The monoisotopic (exact) mass is 468 g/mol. The predicted molar refractivity (Wildman–Crippen MR) is 106 cm³/mol. The highest BCUT2D eigenvalue weighted by atomic mass is 16.6. The lowest BCUT2D eigenvalue weighted by molar-refractivity contribution is -0.145. The van der Waals surface area contributed by atoms with Crippen LogP contribution in [0.3, 0.4) is 0 Å². The van der Waals surface area contributed by atoms with E-state index >= 15 is 0 Å². The van der Waals surface area contributed by atoms with Gasteiger partial charge in [0.2, 0.25) is 11.8 Å². The zero-order valence-corrected chi connectivity index (χ0v) is 17.9. The normalized spacial score (nSPS) is 10.6. The van der Waals surface area contributed by atoms with Crippen LogP contribution in [-0.2, 0) is 47.6 Å². The first kappa shape index (κ1) is 29.6. The Bertz CT molecular complexity index is 486. The van der Waals surface area contributed by atoms with Crippen LogP contribution in [0.25, 0.3) is 0 Å². The molecule has 186 valence electrons. The lowest BCUT2D eigenvalue weighted by Gasteiger charge is -2.08. The zero-order valence-electron chi connectivity index (χ0n) is 17.9. The highest BCUT2D eigenvalue weighted by molar-refractivity contribution is 5.78. The van der Waals surface area contributed by atoms with Crippen LogP contribution in [0.1, 0.15) is 0 Å². The zero-order chi connectivity index (χ0) is 23.9. The first-order valence-corrected chi connectivity index (χ1v) is 9.85. The minimum absolute atomic E-state index is 0.278. The number of carboxylic acids is 2. The van der Waals surface area contributed by atoms with Crippen LogP contribution in [0.15, 0.2) is 0 Å². The second-order valence-corrected chi connectivity index (χ2v) is 5.92. The van der Waals surface area contributed by atoms with Gasteiger partial charge in [-0.25, -0.2) is 9.59 Å². The Kier molecular flexibility index (Phi) is 20.2. The molecule has 0 saturated heterocycles. The average molecular weight is 468 g/mol. The molecule has 0 saturated carbocycles. The van der Waals surface area contributed by atoms with Crippen molar-refractivity contribution in [2.75, 3.05) is 92.4 Å². The fourth-order valence-electron chi connectivity index (χ4n) is 1.85. The van der Waals surface area contributed by atoms with Crippen LogP contribution < -0.4 is 10.6 Å². The molecular formula is C18H32N2O12. The lowest BCUT2D eigenvalue weighted by Crippen LogP contribution is -2.31. The molecule has 32 heavy (non-hydrogen) atoms. The Morgan fingerprint density at radius 2 is 0.781 bits per heavy atom. The summed E-state index contributed by atoms with van der Waals surface area (Å²) >= 11 is 0. The van der Waals surface area contributed by atoms with E-state index in [2.05, 4.69) is 20.1 Å². The number of carbonyl (C=O) groups excluding carboxylic acids is 2. The molecule has 2 amide bonds. The van der Waals surface area contributed by atoms with Crippen LogP contribution in [-0.4, -0.2) is 126 Å². The molecule has 0 aliphatic carbocycles. The molecule has 0 heterocycles. The number of hydrogen-bond donors (Lipinski definition) is 4. The SMILES string of the molecule is O=C(O)COCC(=O)NCCOCCOCCOCCOCCNC(=O)COCC(=O)O. The molecule has 14 nitrogen and oxygen atoms in total. The third kappa shape index (κ3) is 23.9. The molecule has 4 N–H and O–H groups in total. The molecule has 0 fully saturated rings. The van der Waals surface area contributed by atoms with Gasteiger partial charge in [-0.15, -0.1) is 0 Å². The largest absolute Gasteiger partial charge is 0.480 e. The van der Waals surface area contributed by atoms with E-state index in [4.69, 9.17) is 29.2 Å². The van der Waals surface area contributed by atoms with E-state index in [9.17, 15) is 19.2 Å². The third-order valence-electron chi connectivity index (χ3n) is 3.17. The quantitative estimate of drug-likeness (QED) is 0.115. The van der Waals surface area contributed by atoms with E-state index < -0.39 is 37.0 Å². The topological polar surface area (TPSA) is 188 Å². The van der Waals surface area contributed by atoms with E-state index in [1.54, 1.807) is 0 Å². The Labute approximate surface area is 185 Å². The number of carbonyl (C=O) groups is 4. The number of ether oxygens (including phenoxy) is 6. The molecule has 0 radical (unpaired) electrons. The molecule has 0 aromatic carbocycles. The van der Waals surface area contributed by atoms with Gasteiger partial charge < -0.3 is 49.3 Å². The maximum absolute atomic E-state index is 11.3. The molecule has 0 aromatic heterocycles. The van der Waals surface area contributed by atoms with Crippen molar-refractivity contribution in [3.63, 3.8) is 0 Å². The Morgan fingerprint density at radius 1 is 0.469 bits per heavy atom. The molecular weight excluding hydrogens is 436 g/mol. The van der Waals surface area contributed by atoms with Crippen molar-refractivity contribution >= 4 is 23.8 Å². The molecule has 0 aliphatic heterocycles. The summed E-state index contributed by atoms with van der Waals surface area (Å²) in [4.78, 5) is 43.0. The first-order chi connectivity index (χ1) is 15.4. The Hall–Kier alpha value is -2.36. The van der Waals surface area contributed by atoms with Gasteiger partial charge in [0.05, 0.1) is 52.9 Å². The molecule has 0 aromatic rings. The van der Waals surface area contributed by atoms with Crippen molar-refractivity contribution in [1.29, 1.82) is 0 Å². The van der Waals surface area contributed by atoms with Crippen molar-refractivity contribution in [1.82, 2.24) is 10.6 Å². The molecule has 0 aliphatic rings. The van der Waals surface area contributed by atoms with Gasteiger partial charge in [-0.1, -0.05) is 0 Å². The van der Waals surface area contributed by atoms with E-state index in [-0.39, 0.29) is 39.5 Å². The lowest BCUT2D eigenvalue weighted by atomic mass is 10.6.